The number of hydrogen-bond acceptors (Lipinski definition) is 4. The summed E-state index contributed by atoms with van der Waals surface area (Å²) in [5, 5.41) is 7.61. The fraction of sp³-hybridized carbons (Fsp3) is 0.400. The van der Waals surface area contributed by atoms with Crippen molar-refractivity contribution in [3.05, 3.63) is 77.0 Å². The minimum absolute atomic E-state index is 0.0479. The Kier molecular flexibility index (Phi) is 6.87. The molecule has 0 unspecified atom stereocenters. The predicted molar refractivity (Wildman–Crippen MR) is 142 cm³/mol. The lowest BCUT2D eigenvalue weighted by Crippen LogP contribution is -2.35. The Hall–Kier alpha value is -3.18. The van der Waals surface area contributed by atoms with Gasteiger partial charge in [0.15, 0.2) is 0 Å². The van der Waals surface area contributed by atoms with Crippen LogP contribution in [0.25, 0.3) is 16.5 Å². The normalized spacial score (nSPS) is 17.9. The molecule has 5 heteroatoms. The monoisotopic (exact) mass is 469 g/mol. The number of benzene rings is 2. The largest absolute Gasteiger partial charge is 0.497 e. The minimum Gasteiger partial charge on any atom is -0.497 e. The lowest BCUT2D eigenvalue weighted by Gasteiger charge is -2.23. The van der Waals surface area contributed by atoms with Crippen molar-refractivity contribution in [3.63, 3.8) is 0 Å². The van der Waals surface area contributed by atoms with Gasteiger partial charge in [-0.05, 0) is 118 Å². The van der Waals surface area contributed by atoms with Crippen molar-refractivity contribution in [1.29, 1.82) is 0 Å². The molecule has 2 heterocycles. The van der Waals surface area contributed by atoms with E-state index >= 15 is 0 Å². The van der Waals surface area contributed by atoms with Crippen molar-refractivity contribution >= 4 is 22.4 Å². The molecule has 1 aliphatic heterocycles. The van der Waals surface area contributed by atoms with Gasteiger partial charge < -0.3 is 15.4 Å². The van der Waals surface area contributed by atoms with Crippen molar-refractivity contribution in [1.82, 2.24) is 15.6 Å². The Balaban J connectivity index is 0.000000577. The number of aryl methyl sites for hydroxylation is 1. The summed E-state index contributed by atoms with van der Waals surface area (Å²) in [5.41, 5.74) is 6.12. The van der Waals surface area contributed by atoms with Crippen LogP contribution in [0.5, 0.6) is 5.75 Å². The van der Waals surface area contributed by atoms with Crippen molar-refractivity contribution in [3.8, 4) is 5.75 Å². The molecule has 1 aromatic heterocycles. The molecule has 0 atom stereocenters. The summed E-state index contributed by atoms with van der Waals surface area (Å²) in [6.07, 6.45) is 12.2. The smallest absolute Gasteiger partial charge is 0.252 e. The second kappa shape index (κ2) is 10.2. The van der Waals surface area contributed by atoms with E-state index in [-0.39, 0.29) is 11.4 Å². The third-order valence-corrected chi connectivity index (χ3v) is 7.40. The highest BCUT2D eigenvalue weighted by Crippen LogP contribution is 2.49. The van der Waals surface area contributed by atoms with Crippen LogP contribution in [0.3, 0.4) is 0 Å². The number of carbonyl (C=O) groups excluding carboxylic acids is 1. The maximum atomic E-state index is 13.3. The van der Waals surface area contributed by atoms with E-state index in [9.17, 15) is 4.79 Å². The van der Waals surface area contributed by atoms with Gasteiger partial charge in [-0.15, -0.1) is 0 Å². The molecule has 3 aliphatic rings. The summed E-state index contributed by atoms with van der Waals surface area (Å²) in [4.78, 5) is 17.9. The second-order valence-corrected chi connectivity index (χ2v) is 9.89. The first-order chi connectivity index (χ1) is 17.1. The lowest BCUT2D eigenvalue weighted by molar-refractivity contribution is 0.0930. The first-order valence-electron chi connectivity index (χ1n) is 12.9. The van der Waals surface area contributed by atoms with Gasteiger partial charge in [0.25, 0.3) is 5.91 Å². The summed E-state index contributed by atoms with van der Waals surface area (Å²) < 4.78 is 5.34. The fourth-order valence-corrected chi connectivity index (χ4v) is 4.88. The van der Waals surface area contributed by atoms with E-state index in [1.165, 1.54) is 49.1 Å². The Labute approximate surface area is 208 Å². The highest BCUT2D eigenvalue weighted by Gasteiger charge is 2.47. The van der Waals surface area contributed by atoms with Crippen molar-refractivity contribution in [2.24, 2.45) is 0 Å². The quantitative estimate of drug-likeness (QED) is 0.488. The van der Waals surface area contributed by atoms with Crippen LogP contribution < -0.4 is 15.4 Å². The Bertz CT molecular complexity index is 1250. The van der Waals surface area contributed by atoms with Gasteiger partial charge in [0.1, 0.15) is 5.75 Å². The highest BCUT2D eigenvalue weighted by atomic mass is 16.5. The van der Waals surface area contributed by atoms with Crippen LogP contribution in [0.4, 0.5) is 0 Å². The van der Waals surface area contributed by atoms with E-state index in [0.717, 1.165) is 42.1 Å². The molecule has 0 spiro atoms. The summed E-state index contributed by atoms with van der Waals surface area (Å²) in [5.74, 6) is 0.648. The topological polar surface area (TPSA) is 63.2 Å². The second-order valence-electron chi connectivity index (χ2n) is 9.89. The molecule has 1 saturated heterocycles. The van der Waals surface area contributed by atoms with Crippen LogP contribution in [-0.2, 0) is 5.54 Å². The number of nitrogens with one attached hydrogen (secondary N) is 2. The third kappa shape index (κ3) is 5.10. The third-order valence-electron chi connectivity index (χ3n) is 7.40. The number of carbonyl (C=O) groups is 1. The van der Waals surface area contributed by atoms with E-state index in [2.05, 4.69) is 39.9 Å². The highest BCUT2D eigenvalue weighted by molar-refractivity contribution is 5.97. The van der Waals surface area contributed by atoms with E-state index in [1.54, 1.807) is 7.11 Å². The van der Waals surface area contributed by atoms with E-state index in [1.807, 2.05) is 37.4 Å². The van der Waals surface area contributed by atoms with Gasteiger partial charge in [-0.3, -0.25) is 9.78 Å². The number of pyridine rings is 1. The minimum atomic E-state index is -0.334. The van der Waals surface area contributed by atoms with Crippen LogP contribution in [-0.4, -0.2) is 31.1 Å². The number of hydrogen-bond donors (Lipinski definition) is 2. The molecular weight excluding hydrogens is 434 g/mol. The predicted octanol–water partition coefficient (Wildman–Crippen LogP) is 5.91. The summed E-state index contributed by atoms with van der Waals surface area (Å²) in [6.45, 7) is 4.46. The summed E-state index contributed by atoms with van der Waals surface area (Å²) in [6, 6.07) is 14.3. The Morgan fingerprint density at radius 3 is 2.54 bits per heavy atom. The van der Waals surface area contributed by atoms with Crippen molar-refractivity contribution < 1.29 is 9.53 Å². The number of nitrogens with zero attached hydrogens (tertiary/aromatic N) is 1. The molecule has 0 bridgehead atoms. The molecule has 2 fully saturated rings. The molecule has 1 amide bonds. The van der Waals surface area contributed by atoms with Gasteiger partial charge in [0.2, 0.25) is 0 Å². The maximum Gasteiger partial charge on any atom is 0.252 e. The molecular formula is C30H35N3O2. The van der Waals surface area contributed by atoms with Crippen LogP contribution >= 0.6 is 0 Å². The standard InChI is InChI=1S/C27H28N2O2.C3H7N/c1-18-10-11-21(31-2)17-23(18)26(30)29-27(12-13-27)24-15-20(19-7-4-3-5-8-19)16-25-22(24)9-6-14-28-25;1-2-4-3-1/h6-7,9-11,14-17H,3-5,8,12-13H2,1-2H3,(H,29,30);4H,1-3H2. The molecule has 3 aromatic rings. The Morgan fingerprint density at radius 1 is 1.09 bits per heavy atom. The van der Waals surface area contributed by atoms with Gasteiger partial charge in [0, 0.05) is 17.1 Å². The number of amides is 1. The van der Waals surface area contributed by atoms with Crippen LogP contribution in [0, 0.1) is 6.92 Å². The fourth-order valence-electron chi connectivity index (χ4n) is 4.88. The lowest BCUT2D eigenvalue weighted by atomic mass is 9.89. The zero-order chi connectivity index (χ0) is 24.3. The maximum absolute atomic E-state index is 13.3. The number of allylic oxidation sites excluding steroid dienone is 2. The number of methoxy groups -OCH3 is 1. The van der Waals surface area contributed by atoms with Crippen LogP contribution in [0.15, 0.2) is 54.7 Å². The SMILES string of the molecule is C1CNC1.COc1ccc(C)c(C(=O)NC2(c3cc(C4=CCCCC4)cc4ncccc34)CC2)c1. The van der Waals surface area contributed by atoms with Crippen LogP contribution in [0.1, 0.15) is 72.0 Å². The van der Waals surface area contributed by atoms with Gasteiger partial charge in [-0.2, -0.15) is 0 Å². The summed E-state index contributed by atoms with van der Waals surface area (Å²) in [7, 11) is 1.62. The summed E-state index contributed by atoms with van der Waals surface area (Å²) >= 11 is 0. The molecule has 5 nitrogen and oxygen atoms in total. The molecule has 2 aliphatic carbocycles. The zero-order valence-electron chi connectivity index (χ0n) is 20.8. The van der Waals surface area contributed by atoms with E-state index < -0.39 is 0 Å². The van der Waals surface area contributed by atoms with Gasteiger partial charge in [-0.1, -0.05) is 18.2 Å². The van der Waals surface area contributed by atoms with E-state index in [4.69, 9.17) is 4.74 Å². The number of ether oxygens (including phenoxy) is 1. The number of aromatic nitrogens is 1. The van der Waals surface area contributed by atoms with Gasteiger partial charge >= 0.3 is 0 Å². The first kappa shape index (κ1) is 23.6. The van der Waals surface area contributed by atoms with Crippen molar-refractivity contribution in [2.75, 3.05) is 20.2 Å². The zero-order valence-corrected chi connectivity index (χ0v) is 20.8. The number of rotatable bonds is 5. The van der Waals surface area contributed by atoms with Crippen LogP contribution in [0.2, 0.25) is 0 Å². The molecule has 182 valence electrons. The first-order valence-corrected chi connectivity index (χ1v) is 12.9. The van der Waals surface area contributed by atoms with Gasteiger partial charge in [-0.25, -0.2) is 0 Å². The Morgan fingerprint density at radius 2 is 1.89 bits per heavy atom. The van der Waals surface area contributed by atoms with E-state index in [0.29, 0.717) is 11.3 Å². The molecule has 2 N–H and O–H groups in total. The average molecular weight is 470 g/mol. The molecule has 6 rings (SSSR count). The molecule has 35 heavy (non-hydrogen) atoms. The average Bonchev–Trinajstić information content (AvgIpc) is 3.63. The molecule has 1 saturated carbocycles. The van der Waals surface area contributed by atoms with Gasteiger partial charge in [0.05, 0.1) is 18.2 Å². The molecule has 0 radical (unpaired) electrons. The number of fused-ring (bicyclic) bond motifs is 1. The molecule has 2 aromatic carbocycles. The van der Waals surface area contributed by atoms with Crippen molar-refractivity contribution in [2.45, 2.75) is 57.4 Å².